The van der Waals surface area contributed by atoms with E-state index in [-0.39, 0.29) is 0 Å². The van der Waals surface area contributed by atoms with Gasteiger partial charge in [-0.25, -0.2) is 0 Å². The summed E-state index contributed by atoms with van der Waals surface area (Å²) in [4.78, 5) is 4.13. The van der Waals surface area contributed by atoms with Crippen molar-refractivity contribution in [3.8, 4) is 22.4 Å². The quantitative estimate of drug-likeness (QED) is 0.728. The van der Waals surface area contributed by atoms with Crippen molar-refractivity contribution in [2.75, 3.05) is 18.8 Å². The van der Waals surface area contributed by atoms with Crippen LogP contribution in [0.15, 0.2) is 55.0 Å². The molecule has 1 aliphatic heterocycles. The van der Waals surface area contributed by atoms with Gasteiger partial charge in [0, 0.05) is 35.4 Å². The lowest BCUT2D eigenvalue weighted by Gasteiger charge is -2.22. The van der Waals surface area contributed by atoms with Crippen molar-refractivity contribution in [1.29, 1.82) is 0 Å². The molecule has 4 rings (SSSR count). The smallest absolute Gasteiger partial charge is 0.100 e. The normalized spacial score (nSPS) is 15.5. The summed E-state index contributed by atoms with van der Waals surface area (Å²) in [6, 6.07) is 12.4. The highest BCUT2D eigenvalue weighted by molar-refractivity contribution is 5.81. The van der Waals surface area contributed by atoms with E-state index in [1.54, 1.807) is 0 Å². The minimum absolute atomic E-state index is 0.446. The molecular formula is C19H21N5. The fraction of sp³-hybridized carbons (Fsp3) is 0.263. The number of piperidine rings is 1. The Hall–Kier alpha value is -2.66. The van der Waals surface area contributed by atoms with Crippen LogP contribution in [0.5, 0.6) is 0 Å². The molecule has 0 unspecified atom stereocenters. The van der Waals surface area contributed by atoms with Gasteiger partial charge in [-0.1, -0.05) is 12.1 Å². The molecule has 24 heavy (non-hydrogen) atoms. The Balaban J connectivity index is 1.82. The number of nitrogens with two attached hydrogens (primary N) is 1. The number of anilines is 1. The van der Waals surface area contributed by atoms with Crippen LogP contribution in [-0.2, 0) is 0 Å². The largest absolute Gasteiger partial charge is 0.399 e. The molecule has 0 radical (unpaired) electrons. The number of pyridine rings is 1. The predicted molar refractivity (Wildman–Crippen MR) is 96.4 cm³/mol. The van der Waals surface area contributed by atoms with Gasteiger partial charge in [0.1, 0.15) is 5.69 Å². The van der Waals surface area contributed by atoms with Gasteiger partial charge in [-0.15, -0.1) is 0 Å². The van der Waals surface area contributed by atoms with Crippen molar-refractivity contribution in [1.82, 2.24) is 20.1 Å². The Bertz CT molecular complexity index is 819. The first kappa shape index (κ1) is 14.9. The molecule has 1 aliphatic rings. The van der Waals surface area contributed by atoms with E-state index in [2.05, 4.69) is 27.2 Å². The molecule has 1 saturated heterocycles. The first-order valence-electron chi connectivity index (χ1n) is 8.37. The average Bonchev–Trinajstić information content (AvgIpc) is 3.09. The van der Waals surface area contributed by atoms with Crippen molar-refractivity contribution in [3.05, 3.63) is 55.0 Å². The first-order chi connectivity index (χ1) is 11.8. The van der Waals surface area contributed by atoms with E-state index in [4.69, 9.17) is 10.8 Å². The number of nitrogens with zero attached hydrogens (tertiary/aromatic N) is 3. The summed E-state index contributed by atoms with van der Waals surface area (Å²) in [6.45, 7) is 2.09. The second-order valence-electron chi connectivity index (χ2n) is 6.21. The number of nitrogens with one attached hydrogen (secondary N) is 1. The summed E-state index contributed by atoms with van der Waals surface area (Å²) in [5, 5.41) is 8.35. The Kier molecular flexibility index (Phi) is 4.01. The molecule has 122 valence electrons. The van der Waals surface area contributed by atoms with Crippen molar-refractivity contribution >= 4 is 5.69 Å². The molecule has 3 N–H and O–H groups in total. The fourth-order valence-electron chi connectivity index (χ4n) is 3.29. The number of hydrogen-bond donors (Lipinski definition) is 2. The van der Waals surface area contributed by atoms with Gasteiger partial charge in [-0.05, 0) is 55.8 Å². The molecule has 0 atom stereocenters. The van der Waals surface area contributed by atoms with Crippen LogP contribution in [0.25, 0.3) is 22.4 Å². The van der Waals surface area contributed by atoms with E-state index >= 15 is 0 Å². The van der Waals surface area contributed by atoms with Crippen LogP contribution in [0.2, 0.25) is 0 Å². The van der Waals surface area contributed by atoms with Crippen LogP contribution in [0, 0.1) is 0 Å². The Morgan fingerprint density at radius 1 is 1.04 bits per heavy atom. The molecule has 0 amide bonds. The summed E-state index contributed by atoms with van der Waals surface area (Å²) < 4.78 is 2.13. The highest BCUT2D eigenvalue weighted by Gasteiger charge is 2.20. The van der Waals surface area contributed by atoms with Crippen molar-refractivity contribution in [3.63, 3.8) is 0 Å². The summed E-state index contributed by atoms with van der Waals surface area (Å²) in [5.74, 6) is 0. The predicted octanol–water partition coefficient (Wildman–Crippen LogP) is 3.12. The number of hydrogen-bond acceptors (Lipinski definition) is 4. The maximum Gasteiger partial charge on any atom is 0.100 e. The monoisotopic (exact) mass is 319 g/mol. The third-order valence-corrected chi connectivity index (χ3v) is 4.57. The lowest BCUT2D eigenvalue weighted by Crippen LogP contribution is -2.29. The van der Waals surface area contributed by atoms with E-state index in [0.29, 0.717) is 6.04 Å². The van der Waals surface area contributed by atoms with Crippen LogP contribution in [0.1, 0.15) is 18.9 Å². The number of benzene rings is 1. The third kappa shape index (κ3) is 2.90. The minimum atomic E-state index is 0.446. The van der Waals surface area contributed by atoms with Gasteiger partial charge in [0.05, 0.1) is 6.04 Å². The molecular weight excluding hydrogens is 298 g/mol. The SMILES string of the molecule is Nc1cccc(-c2nn(C3CCNCC3)cc2-c2ccncc2)c1. The molecule has 5 heteroatoms. The van der Waals surface area contributed by atoms with Crippen molar-refractivity contribution in [2.24, 2.45) is 0 Å². The van der Waals surface area contributed by atoms with Crippen molar-refractivity contribution in [2.45, 2.75) is 18.9 Å². The number of nitrogen functional groups attached to an aromatic ring is 1. The topological polar surface area (TPSA) is 68.8 Å². The average molecular weight is 319 g/mol. The zero-order valence-electron chi connectivity index (χ0n) is 13.5. The maximum absolute atomic E-state index is 5.98. The van der Waals surface area contributed by atoms with Crippen LogP contribution >= 0.6 is 0 Å². The molecule has 3 heterocycles. The van der Waals surface area contributed by atoms with Crippen LogP contribution < -0.4 is 11.1 Å². The van der Waals surface area contributed by atoms with Gasteiger partial charge >= 0.3 is 0 Å². The van der Waals surface area contributed by atoms with Gasteiger partial charge in [0.15, 0.2) is 0 Å². The minimum Gasteiger partial charge on any atom is -0.399 e. The molecule has 0 bridgehead atoms. The van der Waals surface area contributed by atoms with Gasteiger partial charge in [0.25, 0.3) is 0 Å². The highest BCUT2D eigenvalue weighted by Crippen LogP contribution is 2.33. The summed E-state index contributed by atoms with van der Waals surface area (Å²) >= 11 is 0. The second kappa shape index (κ2) is 6.45. The van der Waals surface area contributed by atoms with Crippen LogP contribution in [-0.4, -0.2) is 27.9 Å². The Labute approximate surface area is 141 Å². The molecule has 0 saturated carbocycles. The van der Waals surface area contributed by atoms with Crippen molar-refractivity contribution < 1.29 is 0 Å². The summed E-state index contributed by atoms with van der Waals surface area (Å²) in [7, 11) is 0. The fourth-order valence-corrected chi connectivity index (χ4v) is 3.29. The van der Waals surface area contributed by atoms with E-state index < -0.39 is 0 Å². The van der Waals surface area contributed by atoms with E-state index in [1.807, 2.05) is 42.7 Å². The van der Waals surface area contributed by atoms with E-state index in [1.165, 1.54) is 0 Å². The van der Waals surface area contributed by atoms with Gasteiger partial charge in [-0.2, -0.15) is 5.10 Å². The molecule has 0 aliphatic carbocycles. The maximum atomic E-state index is 5.98. The highest BCUT2D eigenvalue weighted by atomic mass is 15.3. The standard InChI is InChI=1S/C19H21N5/c20-16-3-1-2-15(12-16)19-18(14-4-8-21-9-5-14)13-24(23-19)17-6-10-22-11-7-17/h1-5,8-9,12-13,17,22H,6-7,10-11,20H2. The zero-order valence-corrected chi connectivity index (χ0v) is 13.5. The zero-order chi connectivity index (χ0) is 16.4. The molecule has 5 nitrogen and oxygen atoms in total. The number of aromatic nitrogens is 3. The lowest BCUT2D eigenvalue weighted by atomic mass is 10.0. The molecule has 1 aromatic carbocycles. The third-order valence-electron chi connectivity index (χ3n) is 4.57. The second-order valence-corrected chi connectivity index (χ2v) is 6.21. The Morgan fingerprint density at radius 3 is 2.58 bits per heavy atom. The summed E-state index contributed by atoms with van der Waals surface area (Å²) in [5.41, 5.74) is 11.0. The van der Waals surface area contributed by atoms with Gasteiger partial charge in [-0.3, -0.25) is 9.67 Å². The summed E-state index contributed by atoms with van der Waals surface area (Å²) in [6.07, 6.45) is 8.02. The van der Waals surface area contributed by atoms with Gasteiger partial charge < -0.3 is 11.1 Å². The molecule has 2 aromatic heterocycles. The Morgan fingerprint density at radius 2 is 1.83 bits per heavy atom. The number of rotatable bonds is 3. The van der Waals surface area contributed by atoms with E-state index in [0.717, 1.165) is 54.0 Å². The first-order valence-corrected chi connectivity index (χ1v) is 8.37. The molecule has 3 aromatic rings. The molecule has 1 fully saturated rings. The van der Waals surface area contributed by atoms with Gasteiger partial charge in [0.2, 0.25) is 0 Å². The van der Waals surface area contributed by atoms with Crippen LogP contribution in [0.4, 0.5) is 5.69 Å². The van der Waals surface area contributed by atoms with E-state index in [9.17, 15) is 0 Å². The lowest BCUT2D eigenvalue weighted by molar-refractivity contribution is 0.344. The molecule has 0 spiro atoms. The van der Waals surface area contributed by atoms with Crippen LogP contribution in [0.3, 0.4) is 0 Å².